The van der Waals surface area contributed by atoms with Gasteiger partial charge in [0.2, 0.25) is 0 Å². The molecule has 86 valence electrons. The first-order valence-corrected chi connectivity index (χ1v) is 5.05. The Kier molecular flexibility index (Phi) is 2.77. The highest BCUT2D eigenvalue weighted by molar-refractivity contribution is 5.76. The summed E-state index contributed by atoms with van der Waals surface area (Å²) in [6.45, 7) is 2.67. The van der Waals surface area contributed by atoms with Crippen LogP contribution in [-0.4, -0.2) is 23.5 Å². The Morgan fingerprint density at radius 1 is 1.38 bits per heavy atom. The molecule has 2 rings (SSSR count). The van der Waals surface area contributed by atoms with Crippen molar-refractivity contribution >= 4 is 6.03 Å². The lowest BCUT2D eigenvalue weighted by Crippen LogP contribution is -2.31. The maximum Gasteiger partial charge on any atom is 0.318 e. The Morgan fingerprint density at radius 2 is 2.00 bits per heavy atom. The fourth-order valence-electron chi connectivity index (χ4n) is 1.77. The lowest BCUT2D eigenvalue weighted by atomic mass is 10.2. The molecule has 0 saturated carbocycles. The zero-order valence-corrected chi connectivity index (χ0v) is 8.84. The van der Waals surface area contributed by atoms with Crippen LogP contribution in [0.15, 0.2) is 18.2 Å². The first kappa shape index (κ1) is 10.9. The first-order valence-electron chi connectivity index (χ1n) is 5.05. The van der Waals surface area contributed by atoms with E-state index in [1.54, 1.807) is 4.90 Å². The number of nitrogens with zero attached hydrogens (tertiary/aromatic N) is 1. The molecule has 16 heavy (non-hydrogen) atoms. The van der Waals surface area contributed by atoms with Crippen molar-refractivity contribution in [3.05, 3.63) is 35.4 Å². The van der Waals surface area contributed by atoms with Crippen LogP contribution in [0, 0.1) is 11.6 Å². The maximum absolute atomic E-state index is 12.9. The molecule has 2 amide bonds. The van der Waals surface area contributed by atoms with Gasteiger partial charge in [-0.2, -0.15) is 0 Å². The van der Waals surface area contributed by atoms with Crippen molar-refractivity contribution in [1.82, 2.24) is 10.2 Å². The zero-order valence-electron chi connectivity index (χ0n) is 8.84. The molecule has 1 unspecified atom stereocenters. The Morgan fingerprint density at radius 3 is 2.50 bits per heavy atom. The van der Waals surface area contributed by atoms with E-state index < -0.39 is 11.6 Å². The summed E-state index contributed by atoms with van der Waals surface area (Å²) in [4.78, 5) is 12.9. The van der Waals surface area contributed by atoms with Gasteiger partial charge in [0.15, 0.2) is 0 Å². The van der Waals surface area contributed by atoms with Crippen LogP contribution in [0.1, 0.15) is 12.5 Å². The molecule has 1 aromatic carbocycles. The summed E-state index contributed by atoms with van der Waals surface area (Å²) in [5, 5.41) is 2.67. The van der Waals surface area contributed by atoms with Crippen molar-refractivity contribution < 1.29 is 13.6 Å². The van der Waals surface area contributed by atoms with Crippen molar-refractivity contribution in [3.63, 3.8) is 0 Å². The van der Waals surface area contributed by atoms with Crippen molar-refractivity contribution in [2.24, 2.45) is 0 Å². The van der Waals surface area contributed by atoms with E-state index in [0.29, 0.717) is 12.1 Å². The molecule has 1 aliphatic rings. The summed E-state index contributed by atoms with van der Waals surface area (Å²) in [6, 6.07) is 3.13. The number of carbonyl (C=O) groups is 1. The van der Waals surface area contributed by atoms with E-state index in [2.05, 4.69) is 5.32 Å². The van der Waals surface area contributed by atoms with Gasteiger partial charge in [-0.15, -0.1) is 0 Å². The SMILES string of the molecule is CC1CNC(=O)N1Cc1cc(F)cc(F)c1. The summed E-state index contributed by atoms with van der Waals surface area (Å²) < 4.78 is 25.9. The van der Waals surface area contributed by atoms with Crippen LogP contribution >= 0.6 is 0 Å². The summed E-state index contributed by atoms with van der Waals surface area (Å²) in [6.07, 6.45) is 0. The van der Waals surface area contributed by atoms with Crippen LogP contribution in [0.25, 0.3) is 0 Å². The summed E-state index contributed by atoms with van der Waals surface area (Å²) in [7, 11) is 0. The topological polar surface area (TPSA) is 32.3 Å². The molecule has 1 fully saturated rings. The van der Waals surface area contributed by atoms with Gasteiger partial charge < -0.3 is 10.2 Å². The van der Waals surface area contributed by atoms with Crippen molar-refractivity contribution in [2.75, 3.05) is 6.54 Å². The van der Waals surface area contributed by atoms with Crippen molar-refractivity contribution in [3.8, 4) is 0 Å². The molecule has 1 aliphatic heterocycles. The van der Waals surface area contributed by atoms with E-state index in [1.807, 2.05) is 6.92 Å². The number of hydrogen-bond acceptors (Lipinski definition) is 1. The number of carbonyl (C=O) groups excluding carboxylic acids is 1. The van der Waals surface area contributed by atoms with Crippen molar-refractivity contribution in [2.45, 2.75) is 19.5 Å². The fraction of sp³-hybridized carbons (Fsp3) is 0.364. The van der Waals surface area contributed by atoms with E-state index in [1.165, 1.54) is 12.1 Å². The minimum atomic E-state index is -0.623. The number of rotatable bonds is 2. The predicted molar refractivity (Wildman–Crippen MR) is 54.8 cm³/mol. The minimum absolute atomic E-state index is 0.0406. The average Bonchev–Trinajstić information content (AvgIpc) is 2.48. The number of hydrogen-bond donors (Lipinski definition) is 1. The van der Waals surface area contributed by atoms with Gasteiger partial charge in [-0.1, -0.05) is 0 Å². The van der Waals surface area contributed by atoms with Crippen molar-refractivity contribution in [1.29, 1.82) is 0 Å². The number of benzene rings is 1. The highest BCUT2D eigenvalue weighted by Gasteiger charge is 2.26. The van der Waals surface area contributed by atoms with E-state index in [9.17, 15) is 13.6 Å². The van der Waals surface area contributed by atoms with E-state index >= 15 is 0 Å². The lowest BCUT2D eigenvalue weighted by molar-refractivity contribution is 0.204. The van der Waals surface area contributed by atoms with Crippen LogP contribution in [0.5, 0.6) is 0 Å². The predicted octanol–water partition coefficient (Wildman–Crippen LogP) is 1.88. The van der Waals surface area contributed by atoms with Gasteiger partial charge in [-0.25, -0.2) is 13.6 Å². The molecule has 5 heteroatoms. The normalized spacial score (nSPS) is 20.1. The third-order valence-corrected chi connectivity index (χ3v) is 2.62. The zero-order chi connectivity index (χ0) is 11.7. The number of amides is 2. The molecule has 0 radical (unpaired) electrons. The fourth-order valence-corrected chi connectivity index (χ4v) is 1.77. The Bertz CT molecular complexity index is 402. The second-order valence-corrected chi connectivity index (χ2v) is 3.94. The van der Waals surface area contributed by atoms with Gasteiger partial charge in [0.25, 0.3) is 0 Å². The molecular weight excluding hydrogens is 214 g/mol. The van der Waals surface area contributed by atoms with E-state index in [4.69, 9.17) is 0 Å². The third kappa shape index (κ3) is 2.13. The lowest BCUT2D eigenvalue weighted by Gasteiger charge is -2.19. The number of halogens is 2. The molecule has 0 aromatic heterocycles. The first-order chi connectivity index (χ1) is 7.56. The highest BCUT2D eigenvalue weighted by Crippen LogP contribution is 2.14. The Balaban J connectivity index is 2.17. The molecule has 1 aromatic rings. The Labute approximate surface area is 92.1 Å². The van der Waals surface area contributed by atoms with Crippen LogP contribution in [0.2, 0.25) is 0 Å². The van der Waals surface area contributed by atoms with Crippen LogP contribution < -0.4 is 5.32 Å². The third-order valence-electron chi connectivity index (χ3n) is 2.62. The molecule has 1 saturated heterocycles. The molecular formula is C11H12F2N2O. The second kappa shape index (κ2) is 4.08. The monoisotopic (exact) mass is 226 g/mol. The highest BCUT2D eigenvalue weighted by atomic mass is 19.1. The van der Waals surface area contributed by atoms with Gasteiger partial charge in [-0.3, -0.25) is 0 Å². The summed E-state index contributed by atoms with van der Waals surface area (Å²) >= 11 is 0. The van der Waals surface area contributed by atoms with E-state index in [-0.39, 0.29) is 18.6 Å². The van der Waals surface area contributed by atoms with Crippen LogP contribution in [0.3, 0.4) is 0 Å². The molecule has 1 heterocycles. The number of nitrogens with one attached hydrogen (secondary N) is 1. The molecule has 0 aliphatic carbocycles. The van der Waals surface area contributed by atoms with Crippen LogP contribution in [-0.2, 0) is 6.54 Å². The standard InChI is InChI=1S/C11H12F2N2O/c1-7-5-14-11(16)15(7)6-8-2-9(12)4-10(13)3-8/h2-4,7H,5-6H2,1H3,(H,14,16). The number of urea groups is 1. The summed E-state index contributed by atoms with van der Waals surface area (Å²) in [5.74, 6) is -1.25. The molecule has 0 bridgehead atoms. The molecule has 3 nitrogen and oxygen atoms in total. The average molecular weight is 226 g/mol. The Hall–Kier alpha value is -1.65. The smallest absolute Gasteiger partial charge is 0.318 e. The quantitative estimate of drug-likeness (QED) is 0.820. The van der Waals surface area contributed by atoms with Crippen LogP contribution in [0.4, 0.5) is 13.6 Å². The van der Waals surface area contributed by atoms with Gasteiger partial charge >= 0.3 is 6.03 Å². The van der Waals surface area contributed by atoms with Gasteiger partial charge in [-0.05, 0) is 24.6 Å². The second-order valence-electron chi connectivity index (χ2n) is 3.94. The summed E-state index contributed by atoms with van der Waals surface area (Å²) in [5.41, 5.74) is 0.460. The van der Waals surface area contributed by atoms with Gasteiger partial charge in [0.1, 0.15) is 11.6 Å². The molecule has 1 N–H and O–H groups in total. The van der Waals surface area contributed by atoms with Gasteiger partial charge in [0, 0.05) is 25.2 Å². The van der Waals surface area contributed by atoms with E-state index in [0.717, 1.165) is 6.07 Å². The molecule has 1 atom stereocenters. The molecule has 0 spiro atoms. The minimum Gasteiger partial charge on any atom is -0.336 e. The largest absolute Gasteiger partial charge is 0.336 e. The van der Waals surface area contributed by atoms with Gasteiger partial charge in [0.05, 0.1) is 0 Å². The maximum atomic E-state index is 12.9.